The molecule has 0 spiro atoms. The Morgan fingerprint density at radius 1 is 1.38 bits per heavy atom. The van der Waals surface area contributed by atoms with Crippen molar-refractivity contribution >= 4 is 5.96 Å². The molecule has 2 fully saturated rings. The predicted molar refractivity (Wildman–Crippen MR) is 98.3 cm³/mol. The van der Waals surface area contributed by atoms with Crippen LogP contribution in [-0.4, -0.2) is 74.0 Å². The Bertz CT molecular complexity index is 390. The number of nitrogens with one attached hydrogen (secondary N) is 2. The van der Waals surface area contributed by atoms with Crippen LogP contribution < -0.4 is 10.6 Å². The third kappa shape index (κ3) is 7.64. The Hall–Kier alpha value is -1.11. The Kier molecular flexibility index (Phi) is 8.56. The number of guanidine groups is 1. The molecule has 2 aliphatic rings. The molecule has 1 unspecified atom stereocenters. The molecule has 0 bridgehead atoms. The zero-order valence-electron chi connectivity index (χ0n) is 15.0. The van der Waals surface area contributed by atoms with Crippen molar-refractivity contribution in [3.8, 4) is 0 Å². The third-order valence-corrected chi connectivity index (χ3v) is 4.48. The second kappa shape index (κ2) is 10.7. The van der Waals surface area contributed by atoms with Crippen LogP contribution >= 0.6 is 0 Å². The van der Waals surface area contributed by atoms with Gasteiger partial charge in [0.15, 0.2) is 5.96 Å². The van der Waals surface area contributed by atoms with E-state index in [0.717, 1.165) is 57.5 Å². The number of hydrogen-bond donors (Lipinski definition) is 3. The van der Waals surface area contributed by atoms with Gasteiger partial charge in [-0.1, -0.05) is 6.08 Å². The molecule has 1 saturated carbocycles. The van der Waals surface area contributed by atoms with Gasteiger partial charge >= 0.3 is 0 Å². The molecule has 0 aromatic heterocycles. The minimum atomic E-state index is -0.534. The summed E-state index contributed by atoms with van der Waals surface area (Å²) in [5, 5.41) is 16.8. The number of piperidine rings is 1. The summed E-state index contributed by atoms with van der Waals surface area (Å²) in [7, 11) is 0. The molecule has 1 aliphatic heterocycles. The monoisotopic (exact) mass is 338 g/mol. The smallest absolute Gasteiger partial charge is 0.191 e. The maximum atomic E-state index is 10.00. The molecule has 1 atom stereocenters. The lowest BCUT2D eigenvalue weighted by Gasteiger charge is -2.32. The SMILES string of the molecule is C=CCN1CCC(NC(=NCC(O)COCC2CC2)NCC)CC1. The molecular formula is C18H34N4O2. The van der Waals surface area contributed by atoms with Gasteiger partial charge in [0.05, 0.1) is 19.3 Å². The first-order chi connectivity index (χ1) is 11.7. The van der Waals surface area contributed by atoms with Gasteiger partial charge in [-0.15, -0.1) is 6.58 Å². The zero-order chi connectivity index (χ0) is 17.2. The minimum Gasteiger partial charge on any atom is -0.389 e. The number of aliphatic hydroxyl groups excluding tert-OH is 1. The van der Waals surface area contributed by atoms with E-state index in [-0.39, 0.29) is 0 Å². The van der Waals surface area contributed by atoms with E-state index in [2.05, 4.69) is 34.0 Å². The van der Waals surface area contributed by atoms with E-state index in [9.17, 15) is 5.11 Å². The molecule has 0 aromatic rings. The van der Waals surface area contributed by atoms with Crippen LogP contribution in [0.1, 0.15) is 32.6 Å². The summed E-state index contributed by atoms with van der Waals surface area (Å²) < 4.78 is 5.52. The molecule has 6 nitrogen and oxygen atoms in total. The average molecular weight is 338 g/mol. The lowest BCUT2D eigenvalue weighted by atomic mass is 10.1. The Balaban J connectivity index is 1.68. The van der Waals surface area contributed by atoms with Crippen molar-refractivity contribution < 1.29 is 9.84 Å². The first-order valence-corrected chi connectivity index (χ1v) is 9.35. The largest absolute Gasteiger partial charge is 0.389 e. The van der Waals surface area contributed by atoms with Crippen LogP contribution in [0.25, 0.3) is 0 Å². The van der Waals surface area contributed by atoms with Crippen LogP contribution in [-0.2, 0) is 4.74 Å². The van der Waals surface area contributed by atoms with E-state index in [1.807, 2.05) is 6.08 Å². The highest BCUT2D eigenvalue weighted by molar-refractivity contribution is 5.80. The van der Waals surface area contributed by atoms with Crippen LogP contribution in [0, 0.1) is 5.92 Å². The van der Waals surface area contributed by atoms with Gasteiger partial charge in [-0.2, -0.15) is 0 Å². The number of aliphatic imine (C=N–C) groups is 1. The summed E-state index contributed by atoms with van der Waals surface area (Å²) in [6.45, 7) is 11.3. The van der Waals surface area contributed by atoms with E-state index in [4.69, 9.17) is 4.74 Å². The van der Waals surface area contributed by atoms with Crippen molar-refractivity contribution in [3.63, 3.8) is 0 Å². The van der Waals surface area contributed by atoms with E-state index in [0.29, 0.717) is 19.2 Å². The summed E-state index contributed by atoms with van der Waals surface area (Å²) in [5.41, 5.74) is 0. The summed E-state index contributed by atoms with van der Waals surface area (Å²) in [6.07, 6.45) is 6.18. The van der Waals surface area contributed by atoms with E-state index >= 15 is 0 Å². The molecule has 0 aromatic carbocycles. The van der Waals surface area contributed by atoms with Crippen LogP contribution in [0.2, 0.25) is 0 Å². The van der Waals surface area contributed by atoms with E-state index < -0.39 is 6.10 Å². The zero-order valence-corrected chi connectivity index (χ0v) is 15.0. The normalized spacial score (nSPS) is 21.5. The van der Waals surface area contributed by atoms with Crippen molar-refractivity contribution in [2.75, 3.05) is 45.9 Å². The van der Waals surface area contributed by atoms with Crippen molar-refractivity contribution in [1.82, 2.24) is 15.5 Å². The topological polar surface area (TPSA) is 69.1 Å². The van der Waals surface area contributed by atoms with Gasteiger partial charge in [0, 0.05) is 38.8 Å². The van der Waals surface area contributed by atoms with Crippen molar-refractivity contribution in [2.45, 2.75) is 44.8 Å². The molecule has 2 rings (SSSR count). The van der Waals surface area contributed by atoms with Gasteiger partial charge in [0.2, 0.25) is 0 Å². The Morgan fingerprint density at radius 2 is 2.12 bits per heavy atom. The quantitative estimate of drug-likeness (QED) is 0.315. The van der Waals surface area contributed by atoms with Crippen LogP contribution in [0.5, 0.6) is 0 Å². The van der Waals surface area contributed by atoms with E-state index in [1.54, 1.807) is 0 Å². The third-order valence-electron chi connectivity index (χ3n) is 4.48. The second-order valence-electron chi connectivity index (χ2n) is 6.86. The molecule has 6 heteroatoms. The van der Waals surface area contributed by atoms with Crippen molar-refractivity contribution in [2.24, 2.45) is 10.9 Å². The lowest BCUT2D eigenvalue weighted by molar-refractivity contribution is 0.0368. The first kappa shape index (κ1) is 19.2. The number of likely N-dealkylation sites (tertiary alicyclic amines) is 1. The highest BCUT2D eigenvalue weighted by atomic mass is 16.5. The maximum absolute atomic E-state index is 10.00. The van der Waals surface area contributed by atoms with Crippen LogP contribution in [0.3, 0.4) is 0 Å². The molecule has 1 heterocycles. The molecular weight excluding hydrogens is 304 g/mol. The molecule has 138 valence electrons. The first-order valence-electron chi connectivity index (χ1n) is 9.35. The van der Waals surface area contributed by atoms with Crippen molar-refractivity contribution in [1.29, 1.82) is 0 Å². The second-order valence-corrected chi connectivity index (χ2v) is 6.86. The highest BCUT2D eigenvalue weighted by Gasteiger charge is 2.22. The van der Waals surface area contributed by atoms with Gasteiger partial charge in [0.25, 0.3) is 0 Å². The maximum Gasteiger partial charge on any atom is 0.191 e. The van der Waals surface area contributed by atoms with Gasteiger partial charge in [-0.25, -0.2) is 0 Å². The summed E-state index contributed by atoms with van der Waals surface area (Å²) in [4.78, 5) is 6.92. The number of ether oxygens (including phenoxy) is 1. The van der Waals surface area contributed by atoms with Gasteiger partial charge in [-0.3, -0.25) is 9.89 Å². The summed E-state index contributed by atoms with van der Waals surface area (Å²) in [6, 6.07) is 0.437. The summed E-state index contributed by atoms with van der Waals surface area (Å²) >= 11 is 0. The molecule has 24 heavy (non-hydrogen) atoms. The average Bonchev–Trinajstić information content (AvgIpc) is 3.39. The molecule has 1 saturated heterocycles. The van der Waals surface area contributed by atoms with Gasteiger partial charge in [-0.05, 0) is 38.5 Å². The number of rotatable bonds is 10. The standard InChI is InChI=1S/C18H34N4O2/c1-3-9-22-10-7-16(8-11-22)21-18(19-4-2)20-12-17(23)14-24-13-15-5-6-15/h3,15-17,23H,1,4-14H2,2H3,(H2,19,20,21). The molecule has 1 aliphatic carbocycles. The fourth-order valence-corrected chi connectivity index (χ4v) is 2.86. The molecule has 0 radical (unpaired) electrons. The number of aliphatic hydroxyl groups is 1. The fourth-order valence-electron chi connectivity index (χ4n) is 2.86. The molecule has 3 N–H and O–H groups in total. The Morgan fingerprint density at radius 3 is 2.75 bits per heavy atom. The Labute approximate surface area is 146 Å². The number of hydrogen-bond acceptors (Lipinski definition) is 4. The van der Waals surface area contributed by atoms with Gasteiger partial charge in [0.1, 0.15) is 0 Å². The van der Waals surface area contributed by atoms with Crippen LogP contribution in [0.15, 0.2) is 17.6 Å². The fraction of sp³-hybridized carbons (Fsp3) is 0.833. The van der Waals surface area contributed by atoms with E-state index in [1.165, 1.54) is 12.8 Å². The molecule has 0 amide bonds. The highest BCUT2D eigenvalue weighted by Crippen LogP contribution is 2.28. The van der Waals surface area contributed by atoms with Crippen molar-refractivity contribution in [3.05, 3.63) is 12.7 Å². The lowest BCUT2D eigenvalue weighted by Crippen LogP contribution is -2.49. The van der Waals surface area contributed by atoms with Gasteiger partial charge < -0.3 is 20.5 Å². The minimum absolute atomic E-state index is 0.370. The van der Waals surface area contributed by atoms with Crippen LogP contribution in [0.4, 0.5) is 0 Å². The predicted octanol–water partition coefficient (Wildman–Crippen LogP) is 0.979. The summed E-state index contributed by atoms with van der Waals surface area (Å²) in [5.74, 6) is 1.52. The number of nitrogens with zero attached hydrogens (tertiary/aromatic N) is 2.